The maximum atomic E-state index is 11.9. The molecule has 1 aliphatic rings. The Hall–Kier alpha value is 0.110. The van der Waals surface area contributed by atoms with Crippen molar-refractivity contribution in [2.45, 2.75) is 45.8 Å². The van der Waals surface area contributed by atoms with Crippen molar-refractivity contribution in [1.29, 1.82) is 0 Å². The van der Waals surface area contributed by atoms with Crippen LogP contribution in [0.15, 0.2) is 0 Å². The minimum atomic E-state index is -3.04. The van der Waals surface area contributed by atoms with E-state index in [9.17, 15) is 4.57 Å². The van der Waals surface area contributed by atoms with Gasteiger partial charge >= 0.3 is 7.75 Å². The molecule has 0 aromatic carbocycles. The predicted molar refractivity (Wildman–Crippen MR) is 51.6 cm³/mol. The van der Waals surface area contributed by atoms with E-state index in [4.69, 9.17) is 9.05 Å². The molecule has 78 valence electrons. The summed E-state index contributed by atoms with van der Waals surface area (Å²) in [4.78, 5) is 0. The maximum absolute atomic E-state index is 11.9. The SMILES string of the molecule is C[C@H]1CCO[P@@](=O)(NC(C)(C)C)O1. The van der Waals surface area contributed by atoms with Crippen molar-refractivity contribution in [2.75, 3.05) is 6.61 Å². The van der Waals surface area contributed by atoms with Gasteiger partial charge in [0.2, 0.25) is 0 Å². The fourth-order valence-electron chi connectivity index (χ4n) is 1.13. The average molecular weight is 207 g/mol. The molecule has 1 fully saturated rings. The third-order valence-electron chi connectivity index (χ3n) is 1.58. The van der Waals surface area contributed by atoms with Gasteiger partial charge in [-0.05, 0) is 34.1 Å². The zero-order chi connectivity index (χ0) is 10.1. The standard InChI is InChI=1S/C8H18NO3P/c1-7-5-6-11-13(10,12-7)9-8(2,3)4/h7H,5-6H2,1-4H3,(H,9,10)/t7-,13-/m0/s1. The Kier molecular flexibility index (Phi) is 3.18. The Bertz CT molecular complexity index is 224. The van der Waals surface area contributed by atoms with E-state index in [1.54, 1.807) is 0 Å². The first-order chi connectivity index (χ1) is 5.81. The second-order valence-corrected chi connectivity index (χ2v) is 6.08. The summed E-state index contributed by atoms with van der Waals surface area (Å²) in [6.07, 6.45) is 0.810. The van der Waals surface area contributed by atoms with Crippen LogP contribution < -0.4 is 5.09 Å². The Morgan fingerprint density at radius 2 is 2.08 bits per heavy atom. The smallest absolute Gasteiger partial charge is 0.297 e. The minimum absolute atomic E-state index is 0.00873. The van der Waals surface area contributed by atoms with Crippen molar-refractivity contribution >= 4 is 7.75 Å². The molecule has 1 rings (SSSR count). The highest BCUT2D eigenvalue weighted by atomic mass is 31.2. The van der Waals surface area contributed by atoms with Crippen molar-refractivity contribution in [2.24, 2.45) is 0 Å². The first-order valence-corrected chi connectivity index (χ1v) is 6.07. The van der Waals surface area contributed by atoms with Crippen LogP contribution >= 0.6 is 7.75 Å². The lowest BCUT2D eigenvalue weighted by molar-refractivity contribution is 0.0826. The summed E-state index contributed by atoms with van der Waals surface area (Å²) in [5.74, 6) is 0. The highest BCUT2D eigenvalue weighted by Gasteiger charge is 2.35. The molecule has 1 saturated heterocycles. The van der Waals surface area contributed by atoms with Crippen molar-refractivity contribution in [1.82, 2.24) is 5.09 Å². The zero-order valence-electron chi connectivity index (χ0n) is 8.66. The van der Waals surface area contributed by atoms with Gasteiger partial charge < -0.3 is 0 Å². The molecule has 0 bridgehead atoms. The molecule has 1 heterocycles. The van der Waals surface area contributed by atoms with Crippen molar-refractivity contribution in [3.05, 3.63) is 0 Å². The summed E-state index contributed by atoms with van der Waals surface area (Å²) in [7, 11) is -3.04. The Morgan fingerprint density at radius 3 is 2.54 bits per heavy atom. The van der Waals surface area contributed by atoms with Crippen LogP contribution in [-0.2, 0) is 13.6 Å². The lowest BCUT2D eigenvalue weighted by Gasteiger charge is -2.32. The molecule has 13 heavy (non-hydrogen) atoms. The van der Waals surface area contributed by atoms with Crippen LogP contribution in [0.4, 0.5) is 0 Å². The van der Waals surface area contributed by atoms with Gasteiger partial charge in [-0.2, -0.15) is 0 Å². The first-order valence-electron chi connectivity index (χ1n) is 4.53. The predicted octanol–water partition coefficient (Wildman–Crippen LogP) is 2.31. The second-order valence-electron chi connectivity index (χ2n) is 4.40. The number of hydrogen-bond donors (Lipinski definition) is 1. The molecule has 0 saturated carbocycles. The number of rotatable bonds is 1. The molecular weight excluding hydrogens is 189 g/mol. The summed E-state index contributed by atoms with van der Waals surface area (Å²) < 4.78 is 22.3. The topological polar surface area (TPSA) is 47.6 Å². The zero-order valence-corrected chi connectivity index (χ0v) is 9.56. The fourth-order valence-corrected chi connectivity index (χ4v) is 3.05. The van der Waals surface area contributed by atoms with Gasteiger partial charge in [0.25, 0.3) is 0 Å². The van der Waals surface area contributed by atoms with Crippen LogP contribution in [0, 0.1) is 0 Å². The van der Waals surface area contributed by atoms with Crippen molar-refractivity contribution in [3.8, 4) is 0 Å². The van der Waals surface area contributed by atoms with E-state index in [0.717, 1.165) is 6.42 Å². The van der Waals surface area contributed by atoms with Crippen LogP contribution in [0.1, 0.15) is 34.1 Å². The van der Waals surface area contributed by atoms with Gasteiger partial charge in [0.05, 0.1) is 12.7 Å². The van der Waals surface area contributed by atoms with Gasteiger partial charge in [0.1, 0.15) is 0 Å². The summed E-state index contributed by atoms with van der Waals surface area (Å²) in [5.41, 5.74) is -0.257. The van der Waals surface area contributed by atoms with Gasteiger partial charge in [0, 0.05) is 5.54 Å². The lowest BCUT2D eigenvalue weighted by Crippen LogP contribution is -2.37. The lowest BCUT2D eigenvalue weighted by atomic mass is 10.1. The summed E-state index contributed by atoms with van der Waals surface area (Å²) in [6.45, 7) is 8.19. The van der Waals surface area contributed by atoms with Gasteiger partial charge in [-0.1, -0.05) is 0 Å². The molecule has 4 nitrogen and oxygen atoms in total. The Morgan fingerprint density at radius 1 is 1.46 bits per heavy atom. The van der Waals surface area contributed by atoms with Gasteiger partial charge in [-0.3, -0.25) is 9.05 Å². The average Bonchev–Trinajstić information content (AvgIpc) is 1.79. The summed E-state index contributed by atoms with van der Waals surface area (Å²) >= 11 is 0. The molecule has 0 aromatic heterocycles. The molecule has 0 aliphatic carbocycles. The molecule has 0 radical (unpaired) electrons. The molecule has 0 amide bonds. The third-order valence-corrected chi connectivity index (χ3v) is 3.68. The van der Waals surface area contributed by atoms with Crippen LogP contribution in [0.2, 0.25) is 0 Å². The van der Waals surface area contributed by atoms with Gasteiger partial charge in [-0.15, -0.1) is 0 Å². The molecule has 5 heteroatoms. The van der Waals surface area contributed by atoms with E-state index in [1.165, 1.54) is 0 Å². The molecule has 1 aliphatic heterocycles. The van der Waals surface area contributed by atoms with Gasteiger partial charge in [-0.25, -0.2) is 9.65 Å². The van der Waals surface area contributed by atoms with Crippen molar-refractivity contribution < 1.29 is 13.6 Å². The maximum Gasteiger partial charge on any atom is 0.406 e. The van der Waals surface area contributed by atoms with E-state index in [0.29, 0.717) is 6.61 Å². The number of hydrogen-bond acceptors (Lipinski definition) is 3. The van der Waals surface area contributed by atoms with Gasteiger partial charge in [0.15, 0.2) is 0 Å². The van der Waals surface area contributed by atoms with E-state index in [2.05, 4.69) is 5.09 Å². The Labute approximate surface area is 79.6 Å². The second kappa shape index (κ2) is 3.70. The third kappa shape index (κ3) is 3.77. The van der Waals surface area contributed by atoms with E-state index in [-0.39, 0.29) is 11.6 Å². The molecule has 2 atom stereocenters. The highest BCUT2D eigenvalue weighted by molar-refractivity contribution is 7.51. The summed E-state index contributed by atoms with van der Waals surface area (Å²) in [6, 6.07) is 0. The molecule has 0 aromatic rings. The fraction of sp³-hybridized carbons (Fsp3) is 1.00. The first kappa shape index (κ1) is 11.2. The molecular formula is C8H18NO3P. The van der Waals surface area contributed by atoms with Crippen LogP contribution in [0.3, 0.4) is 0 Å². The highest BCUT2D eigenvalue weighted by Crippen LogP contribution is 2.49. The van der Waals surface area contributed by atoms with Crippen LogP contribution in [0.5, 0.6) is 0 Å². The monoisotopic (exact) mass is 207 g/mol. The normalized spacial score (nSPS) is 36.2. The molecule has 1 N–H and O–H groups in total. The Balaban J connectivity index is 2.60. The number of nitrogens with one attached hydrogen (secondary N) is 1. The van der Waals surface area contributed by atoms with Crippen LogP contribution in [0.25, 0.3) is 0 Å². The van der Waals surface area contributed by atoms with Crippen LogP contribution in [-0.4, -0.2) is 18.2 Å². The molecule has 0 unspecified atom stereocenters. The van der Waals surface area contributed by atoms with E-state index < -0.39 is 7.75 Å². The largest absolute Gasteiger partial charge is 0.406 e. The summed E-state index contributed by atoms with van der Waals surface area (Å²) in [5, 5.41) is 2.88. The minimum Gasteiger partial charge on any atom is -0.297 e. The van der Waals surface area contributed by atoms with E-state index >= 15 is 0 Å². The van der Waals surface area contributed by atoms with E-state index in [1.807, 2.05) is 27.7 Å². The quantitative estimate of drug-likeness (QED) is 0.670. The molecule has 0 spiro atoms. The van der Waals surface area contributed by atoms with Crippen molar-refractivity contribution in [3.63, 3.8) is 0 Å².